The van der Waals surface area contributed by atoms with Gasteiger partial charge in [0.15, 0.2) is 6.10 Å². The molecule has 0 aromatic heterocycles. The van der Waals surface area contributed by atoms with Crippen molar-refractivity contribution in [3.63, 3.8) is 0 Å². The van der Waals surface area contributed by atoms with E-state index in [1.807, 2.05) is 0 Å². The number of carbonyl (C=O) groups excluding carboxylic acids is 3. The summed E-state index contributed by atoms with van der Waals surface area (Å²) in [6, 6.07) is 0. The van der Waals surface area contributed by atoms with Gasteiger partial charge in [0.2, 0.25) is 0 Å². The van der Waals surface area contributed by atoms with Crippen LogP contribution in [0.5, 0.6) is 0 Å². The second-order valence-electron chi connectivity index (χ2n) is 22.7. The molecule has 0 N–H and O–H groups in total. The first-order chi connectivity index (χ1) is 40.0. The fourth-order valence-electron chi connectivity index (χ4n) is 9.67. The molecular weight excluding hydrogens is 997 g/mol. The smallest absolute Gasteiger partial charge is 0.306 e. The molecule has 0 fully saturated rings. The third kappa shape index (κ3) is 66.8. The molecule has 464 valence electrons. The van der Waals surface area contributed by atoms with Crippen LogP contribution >= 0.6 is 0 Å². The van der Waals surface area contributed by atoms with Gasteiger partial charge in [-0.2, -0.15) is 0 Å². The van der Waals surface area contributed by atoms with E-state index in [1.165, 1.54) is 167 Å². The van der Waals surface area contributed by atoms with Crippen molar-refractivity contribution in [2.75, 3.05) is 13.2 Å². The van der Waals surface area contributed by atoms with Crippen molar-refractivity contribution in [1.29, 1.82) is 0 Å². The minimum absolute atomic E-state index is 0.105. The maximum absolute atomic E-state index is 12.9. The molecule has 6 nitrogen and oxygen atoms in total. The van der Waals surface area contributed by atoms with Gasteiger partial charge in [0.05, 0.1) is 0 Å². The summed E-state index contributed by atoms with van der Waals surface area (Å²) in [5.41, 5.74) is 0. The molecular formula is C75H128O6. The Bertz CT molecular complexity index is 1620. The number of allylic oxidation sites excluding steroid dienone is 18. The van der Waals surface area contributed by atoms with E-state index in [-0.39, 0.29) is 37.5 Å². The highest BCUT2D eigenvalue weighted by Crippen LogP contribution is 2.17. The van der Waals surface area contributed by atoms with Crippen LogP contribution in [0.3, 0.4) is 0 Å². The third-order valence-corrected chi connectivity index (χ3v) is 14.7. The van der Waals surface area contributed by atoms with E-state index in [0.29, 0.717) is 19.3 Å². The average Bonchev–Trinajstić information content (AvgIpc) is 3.47. The molecule has 0 amide bonds. The van der Waals surface area contributed by atoms with Gasteiger partial charge in [-0.1, -0.05) is 304 Å². The third-order valence-electron chi connectivity index (χ3n) is 14.7. The summed E-state index contributed by atoms with van der Waals surface area (Å²) in [6.45, 7) is 6.38. The molecule has 0 saturated heterocycles. The Morgan fingerprint density at radius 1 is 0.259 bits per heavy atom. The lowest BCUT2D eigenvalue weighted by Crippen LogP contribution is -2.30. The SMILES string of the molecule is CC/C=C\C/C=C\C/C=C\C/C=C\C/C=C\CCCC(=O)OC(COC(=O)CCCCCCC/C=C\C/C=C\C/C=C\CC)COC(=O)CCCCCCCCCCCCCCCCCCCCC/C=C\CCCCCCCCCC. The molecule has 0 saturated carbocycles. The summed E-state index contributed by atoms with van der Waals surface area (Å²) in [5.74, 6) is -0.973. The Morgan fingerprint density at radius 3 is 0.802 bits per heavy atom. The van der Waals surface area contributed by atoms with E-state index in [2.05, 4.69) is 130 Å². The van der Waals surface area contributed by atoms with Gasteiger partial charge in [-0.05, 0) is 116 Å². The van der Waals surface area contributed by atoms with Gasteiger partial charge < -0.3 is 14.2 Å². The first kappa shape index (κ1) is 77.1. The van der Waals surface area contributed by atoms with Crippen LogP contribution in [0.2, 0.25) is 0 Å². The lowest BCUT2D eigenvalue weighted by molar-refractivity contribution is -0.167. The number of hydrogen-bond donors (Lipinski definition) is 0. The molecule has 0 heterocycles. The lowest BCUT2D eigenvalue weighted by Gasteiger charge is -2.18. The average molecular weight is 1130 g/mol. The molecule has 0 radical (unpaired) electrons. The van der Waals surface area contributed by atoms with Crippen LogP contribution in [-0.2, 0) is 28.6 Å². The van der Waals surface area contributed by atoms with E-state index in [1.54, 1.807) is 0 Å². The van der Waals surface area contributed by atoms with Crippen molar-refractivity contribution in [1.82, 2.24) is 0 Å². The second-order valence-corrected chi connectivity index (χ2v) is 22.7. The molecule has 0 aliphatic carbocycles. The van der Waals surface area contributed by atoms with E-state index in [4.69, 9.17) is 14.2 Å². The fourth-order valence-corrected chi connectivity index (χ4v) is 9.67. The van der Waals surface area contributed by atoms with Crippen LogP contribution in [-0.4, -0.2) is 37.2 Å². The predicted molar refractivity (Wildman–Crippen MR) is 353 cm³/mol. The molecule has 0 aromatic carbocycles. The summed E-state index contributed by atoms with van der Waals surface area (Å²) in [6.07, 6.45) is 94.2. The highest BCUT2D eigenvalue weighted by molar-refractivity contribution is 5.71. The Kier molecular flexibility index (Phi) is 65.2. The van der Waals surface area contributed by atoms with E-state index in [9.17, 15) is 14.4 Å². The van der Waals surface area contributed by atoms with Gasteiger partial charge in [-0.25, -0.2) is 0 Å². The summed E-state index contributed by atoms with van der Waals surface area (Å²) >= 11 is 0. The first-order valence-corrected chi connectivity index (χ1v) is 34.4. The molecule has 6 heteroatoms. The minimum atomic E-state index is -0.817. The largest absolute Gasteiger partial charge is 0.462 e. The summed E-state index contributed by atoms with van der Waals surface area (Å²) in [7, 11) is 0. The normalized spacial score (nSPS) is 12.8. The van der Waals surface area contributed by atoms with Crippen LogP contribution < -0.4 is 0 Å². The molecule has 1 unspecified atom stereocenters. The van der Waals surface area contributed by atoms with Crippen molar-refractivity contribution < 1.29 is 28.6 Å². The quantitative estimate of drug-likeness (QED) is 0.0261. The first-order valence-electron chi connectivity index (χ1n) is 34.4. The molecule has 0 aliphatic rings. The topological polar surface area (TPSA) is 78.9 Å². The van der Waals surface area contributed by atoms with Crippen molar-refractivity contribution >= 4 is 17.9 Å². The molecule has 0 aliphatic heterocycles. The van der Waals surface area contributed by atoms with Gasteiger partial charge in [0.25, 0.3) is 0 Å². The number of hydrogen-bond acceptors (Lipinski definition) is 6. The van der Waals surface area contributed by atoms with Gasteiger partial charge >= 0.3 is 17.9 Å². The summed E-state index contributed by atoms with van der Waals surface area (Å²) < 4.78 is 16.9. The Balaban J connectivity index is 4.27. The zero-order chi connectivity index (χ0) is 58.5. The summed E-state index contributed by atoms with van der Waals surface area (Å²) in [4.78, 5) is 38.3. The number of ether oxygens (including phenoxy) is 3. The van der Waals surface area contributed by atoms with Crippen LogP contribution in [0.15, 0.2) is 109 Å². The maximum Gasteiger partial charge on any atom is 0.306 e. The monoisotopic (exact) mass is 1120 g/mol. The predicted octanol–water partition coefficient (Wildman–Crippen LogP) is 23.8. The molecule has 0 bridgehead atoms. The van der Waals surface area contributed by atoms with Crippen molar-refractivity contribution in [3.8, 4) is 0 Å². The van der Waals surface area contributed by atoms with E-state index < -0.39 is 6.10 Å². The van der Waals surface area contributed by atoms with Gasteiger partial charge in [-0.15, -0.1) is 0 Å². The number of rotatable bonds is 62. The number of unbranched alkanes of at least 4 members (excludes halogenated alkanes) is 33. The second kappa shape index (κ2) is 68.6. The van der Waals surface area contributed by atoms with Crippen molar-refractivity contribution in [2.45, 2.75) is 335 Å². The van der Waals surface area contributed by atoms with Crippen molar-refractivity contribution in [2.24, 2.45) is 0 Å². The van der Waals surface area contributed by atoms with Crippen LogP contribution in [0.4, 0.5) is 0 Å². The molecule has 0 aromatic rings. The standard InChI is InChI=1S/C75H128O6/c1-4-7-10-13-16-19-22-25-28-30-31-32-33-34-35-36-37-38-39-40-41-42-43-45-47-50-53-56-59-62-65-68-74(77)80-71-72(70-79-73(76)67-64-61-58-55-52-49-46-27-24-21-18-15-12-9-6-3)81-75(78)69-66-63-60-57-54-51-48-44-29-26-23-20-17-14-11-8-5-2/h8-9,11-12,17-18,20-21,26-27,29-31,46,48,51,57,60,72H,4-7,10,13-16,19,22-25,28,32-45,47,49-50,52-56,58-59,61-71H2,1-3H3/b11-8-,12-9-,20-17-,21-18-,29-26-,31-30-,46-27-,51-48-,60-57-. The number of carbonyl (C=O) groups is 3. The van der Waals surface area contributed by atoms with Crippen LogP contribution in [0.1, 0.15) is 329 Å². The highest BCUT2D eigenvalue weighted by Gasteiger charge is 2.19. The van der Waals surface area contributed by atoms with Gasteiger partial charge in [0, 0.05) is 19.3 Å². The minimum Gasteiger partial charge on any atom is -0.462 e. The molecule has 0 rings (SSSR count). The highest BCUT2D eigenvalue weighted by atomic mass is 16.6. The maximum atomic E-state index is 12.9. The zero-order valence-corrected chi connectivity index (χ0v) is 53.3. The lowest BCUT2D eigenvalue weighted by atomic mass is 10.0. The molecule has 81 heavy (non-hydrogen) atoms. The fraction of sp³-hybridized carbons (Fsp3) is 0.720. The molecule has 1 atom stereocenters. The molecule has 0 spiro atoms. The number of esters is 3. The van der Waals surface area contributed by atoms with Gasteiger partial charge in [0.1, 0.15) is 13.2 Å². The van der Waals surface area contributed by atoms with E-state index in [0.717, 1.165) is 116 Å². The zero-order valence-electron chi connectivity index (χ0n) is 53.3. The van der Waals surface area contributed by atoms with E-state index >= 15 is 0 Å². The van der Waals surface area contributed by atoms with Crippen molar-refractivity contribution in [3.05, 3.63) is 109 Å². The van der Waals surface area contributed by atoms with Crippen LogP contribution in [0, 0.1) is 0 Å². The Morgan fingerprint density at radius 2 is 0.494 bits per heavy atom. The van der Waals surface area contributed by atoms with Crippen LogP contribution in [0.25, 0.3) is 0 Å². The summed E-state index contributed by atoms with van der Waals surface area (Å²) in [5, 5.41) is 0. The Labute approximate surface area is 501 Å². The van der Waals surface area contributed by atoms with Gasteiger partial charge in [-0.3, -0.25) is 14.4 Å². The Hall–Kier alpha value is -3.93.